The van der Waals surface area contributed by atoms with Gasteiger partial charge in [-0.05, 0) is 56.2 Å². The van der Waals surface area contributed by atoms with E-state index in [1.807, 2.05) is 6.07 Å². The highest BCUT2D eigenvalue weighted by Crippen LogP contribution is 2.60. The number of primary amides is 1. The van der Waals surface area contributed by atoms with Crippen LogP contribution in [0, 0.1) is 5.92 Å². The zero-order chi connectivity index (χ0) is 19.0. The van der Waals surface area contributed by atoms with Crippen molar-refractivity contribution in [3.05, 3.63) is 28.8 Å². The van der Waals surface area contributed by atoms with Gasteiger partial charge in [-0.2, -0.15) is 0 Å². The van der Waals surface area contributed by atoms with Gasteiger partial charge in [0.15, 0.2) is 0 Å². The van der Waals surface area contributed by atoms with Crippen LogP contribution in [0.3, 0.4) is 0 Å². The fourth-order valence-electron chi connectivity index (χ4n) is 6.05. The number of hydrogen-bond donors (Lipinski definition) is 3. The molecule has 0 aromatic heterocycles. The summed E-state index contributed by atoms with van der Waals surface area (Å²) in [4.78, 5) is 26.7. The first-order valence-corrected chi connectivity index (χ1v) is 9.99. The first kappa shape index (κ1) is 17.2. The van der Waals surface area contributed by atoms with Crippen molar-refractivity contribution >= 4 is 11.7 Å². The Morgan fingerprint density at radius 1 is 1.30 bits per heavy atom. The molecule has 0 radical (unpaired) electrons. The van der Waals surface area contributed by atoms with E-state index < -0.39 is 16.9 Å². The van der Waals surface area contributed by atoms with Crippen molar-refractivity contribution in [1.29, 1.82) is 0 Å². The van der Waals surface area contributed by atoms with Crippen LogP contribution < -0.4 is 5.73 Å². The highest BCUT2D eigenvalue weighted by Gasteiger charge is 2.65. The van der Waals surface area contributed by atoms with Gasteiger partial charge in [-0.1, -0.05) is 6.07 Å². The molecule has 1 saturated heterocycles. The van der Waals surface area contributed by atoms with Crippen LogP contribution in [0.1, 0.15) is 60.0 Å². The van der Waals surface area contributed by atoms with Gasteiger partial charge in [0.05, 0.1) is 11.2 Å². The summed E-state index contributed by atoms with van der Waals surface area (Å²) in [5.74, 6) is 0.0112. The molecule has 5 rings (SSSR count). The van der Waals surface area contributed by atoms with Crippen molar-refractivity contribution in [2.45, 2.75) is 62.0 Å². The molecule has 1 aromatic carbocycles. The van der Waals surface area contributed by atoms with E-state index in [4.69, 9.17) is 5.73 Å². The number of hydrogen-bond acceptors (Lipinski definition) is 5. The van der Waals surface area contributed by atoms with E-state index in [9.17, 15) is 19.8 Å². The molecule has 2 saturated carbocycles. The minimum absolute atomic E-state index is 0.0497. The van der Waals surface area contributed by atoms with Crippen LogP contribution >= 0.6 is 0 Å². The van der Waals surface area contributed by atoms with Crippen LogP contribution in [0.25, 0.3) is 0 Å². The van der Waals surface area contributed by atoms with Crippen molar-refractivity contribution in [2.24, 2.45) is 11.7 Å². The number of nitrogens with two attached hydrogens (primary N) is 1. The van der Waals surface area contributed by atoms with Crippen molar-refractivity contribution < 1.29 is 19.8 Å². The van der Waals surface area contributed by atoms with E-state index in [0.29, 0.717) is 31.2 Å². The summed E-state index contributed by atoms with van der Waals surface area (Å²) in [5, 5.41) is 22.9. The first-order valence-electron chi connectivity index (χ1n) is 9.99. The molecule has 4 aliphatic rings. The summed E-state index contributed by atoms with van der Waals surface area (Å²) in [7, 11) is 0. The second kappa shape index (κ2) is 5.55. The Balaban J connectivity index is 1.70. The molecule has 1 heterocycles. The van der Waals surface area contributed by atoms with Gasteiger partial charge in [-0.3, -0.25) is 14.5 Å². The van der Waals surface area contributed by atoms with Gasteiger partial charge in [0.2, 0.25) is 0 Å². The molecule has 4 N–H and O–H groups in total. The van der Waals surface area contributed by atoms with E-state index in [1.54, 1.807) is 6.07 Å². The van der Waals surface area contributed by atoms with E-state index in [2.05, 4.69) is 4.90 Å². The molecule has 6 nitrogen and oxygen atoms in total. The number of Topliss-reactive ketones (excluding diaryl/α,β-unsaturated/α-hetero) is 1. The van der Waals surface area contributed by atoms with Crippen LogP contribution in [0.15, 0.2) is 12.1 Å². The fraction of sp³-hybridized carbons (Fsp3) is 0.619. The van der Waals surface area contributed by atoms with Crippen LogP contribution in [0.2, 0.25) is 0 Å². The number of ketones is 1. The topological polar surface area (TPSA) is 104 Å². The zero-order valence-corrected chi connectivity index (χ0v) is 15.4. The largest absolute Gasteiger partial charge is 0.507 e. The Labute approximate surface area is 158 Å². The molecule has 2 bridgehead atoms. The number of benzene rings is 1. The summed E-state index contributed by atoms with van der Waals surface area (Å²) in [6.45, 7) is 1.80. The third kappa shape index (κ3) is 2.26. The Hall–Kier alpha value is -1.92. The number of phenols is 1. The summed E-state index contributed by atoms with van der Waals surface area (Å²) in [6, 6.07) is 3.37. The number of aliphatic hydroxyl groups is 1. The molecule has 27 heavy (non-hydrogen) atoms. The van der Waals surface area contributed by atoms with E-state index >= 15 is 0 Å². The smallest absolute Gasteiger partial charge is 0.252 e. The number of rotatable bonds is 3. The number of fused-ring (bicyclic) bond motifs is 1. The molecular weight excluding hydrogens is 344 g/mol. The van der Waals surface area contributed by atoms with Crippen LogP contribution in [0.4, 0.5) is 0 Å². The molecule has 144 valence electrons. The van der Waals surface area contributed by atoms with Gasteiger partial charge in [-0.15, -0.1) is 0 Å². The maximum atomic E-state index is 12.5. The molecule has 0 unspecified atom stereocenters. The third-order valence-electron chi connectivity index (χ3n) is 7.54. The van der Waals surface area contributed by atoms with E-state index in [0.717, 1.165) is 24.6 Å². The number of likely N-dealkylation sites (tertiary alicyclic amines) is 1. The van der Waals surface area contributed by atoms with Crippen LogP contribution in [-0.2, 0) is 16.6 Å². The summed E-state index contributed by atoms with van der Waals surface area (Å²) < 4.78 is 0. The highest BCUT2D eigenvalue weighted by molar-refractivity contribution is 5.96. The molecule has 1 aromatic rings. The van der Waals surface area contributed by atoms with E-state index in [1.165, 1.54) is 12.8 Å². The van der Waals surface area contributed by atoms with Crippen molar-refractivity contribution in [3.8, 4) is 5.75 Å². The second-order valence-corrected chi connectivity index (χ2v) is 8.99. The number of nitrogens with zero attached hydrogens (tertiary/aromatic N) is 1. The maximum Gasteiger partial charge on any atom is 0.252 e. The Kier molecular flexibility index (Phi) is 3.53. The van der Waals surface area contributed by atoms with Gasteiger partial charge in [0.1, 0.15) is 11.5 Å². The van der Waals surface area contributed by atoms with Gasteiger partial charge < -0.3 is 15.9 Å². The number of amides is 1. The fourth-order valence-corrected chi connectivity index (χ4v) is 6.05. The van der Waals surface area contributed by atoms with Gasteiger partial charge in [0, 0.05) is 36.4 Å². The Morgan fingerprint density at radius 3 is 2.78 bits per heavy atom. The lowest BCUT2D eigenvalue weighted by molar-refractivity contribution is -0.173. The predicted molar refractivity (Wildman–Crippen MR) is 98.5 cm³/mol. The third-order valence-corrected chi connectivity index (χ3v) is 7.54. The van der Waals surface area contributed by atoms with Gasteiger partial charge in [0.25, 0.3) is 5.91 Å². The monoisotopic (exact) mass is 370 g/mol. The maximum absolute atomic E-state index is 12.5. The molecule has 3 aliphatic carbocycles. The number of carbonyl (C=O) groups is 2. The lowest BCUT2D eigenvalue weighted by Crippen LogP contribution is -2.73. The molecule has 1 amide bonds. The molecular formula is C21H26N2O4. The Morgan fingerprint density at radius 2 is 2.07 bits per heavy atom. The molecule has 0 spiro atoms. The van der Waals surface area contributed by atoms with Crippen LogP contribution in [-0.4, -0.2) is 51.5 Å². The van der Waals surface area contributed by atoms with Gasteiger partial charge in [-0.25, -0.2) is 0 Å². The van der Waals surface area contributed by atoms with Crippen molar-refractivity contribution in [1.82, 2.24) is 4.90 Å². The quantitative estimate of drug-likeness (QED) is 0.743. The second-order valence-electron chi connectivity index (χ2n) is 8.99. The highest BCUT2D eigenvalue weighted by atomic mass is 16.3. The molecule has 3 atom stereocenters. The number of carbonyl (C=O) groups excluding carboxylic acids is 2. The first-order chi connectivity index (χ1) is 12.9. The average molecular weight is 370 g/mol. The van der Waals surface area contributed by atoms with Crippen molar-refractivity contribution in [2.75, 3.05) is 13.1 Å². The molecule has 3 fully saturated rings. The molecule has 1 aliphatic heterocycles. The van der Waals surface area contributed by atoms with Gasteiger partial charge >= 0.3 is 0 Å². The lowest BCUT2D eigenvalue weighted by atomic mass is 9.49. The predicted octanol–water partition coefficient (Wildman–Crippen LogP) is 1.25. The standard InChI is InChI=1S/C21H26N2O4/c22-19(26)15-4-3-13-9-16-21(27)6-5-14(24)10-20(21,17(13)18(15)25)7-8-23(16)11-12-1-2-12/h3-4,12,16,25,27H,1-2,5-11H2,(H2,22,26)/t16-,20-,21+/m0/s1. The SMILES string of the molecule is NC(=O)c1ccc2c(c1O)[C@@]13CCN(CC4CC4)[C@@H](C2)[C@]1(O)CCC(=O)C3. The normalized spacial score (nSPS) is 35.4. The number of piperidine rings is 1. The lowest BCUT2D eigenvalue weighted by Gasteiger charge is -2.63. The minimum atomic E-state index is -1.06. The summed E-state index contributed by atoms with van der Waals surface area (Å²) >= 11 is 0. The molecule has 6 heteroatoms. The van der Waals surface area contributed by atoms with Crippen LogP contribution in [0.5, 0.6) is 5.75 Å². The minimum Gasteiger partial charge on any atom is -0.507 e. The van der Waals surface area contributed by atoms with E-state index in [-0.39, 0.29) is 29.6 Å². The number of aromatic hydroxyl groups is 1. The van der Waals surface area contributed by atoms with Crippen molar-refractivity contribution in [3.63, 3.8) is 0 Å². The zero-order valence-electron chi connectivity index (χ0n) is 15.4. The summed E-state index contributed by atoms with van der Waals surface area (Å²) in [5.41, 5.74) is 5.16. The average Bonchev–Trinajstić information content (AvgIpc) is 3.42. The Bertz CT molecular complexity index is 849. The summed E-state index contributed by atoms with van der Waals surface area (Å²) in [6.07, 6.45) is 4.76.